The lowest BCUT2D eigenvalue weighted by molar-refractivity contribution is 0.219. The van der Waals surface area contributed by atoms with Gasteiger partial charge in [0.2, 0.25) is 0 Å². The van der Waals surface area contributed by atoms with E-state index in [0.29, 0.717) is 18.7 Å². The van der Waals surface area contributed by atoms with Gasteiger partial charge in [-0.1, -0.05) is 19.3 Å². The largest absolute Gasteiger partial charge is 0.396 e. The molecule has 2 heteroatoms. The quantitative estimate of drug-likeness (QED) is 0.728. The molecule has 2 rings (SSSR count). The van der Waals surface area contributed by atoms with Crippen LogP contribution in [0.1, 0.15) is 58.3 Å². The fourth-order valence-corrected chi connectivity index (χ4v) is 3.20. The van der Waals surface area contributed by atoms with E-state index in [0.717, 1.165) is 18.3 Å². The first kappa shape index (κ1) is 12.4. The van der Waals surface area contributed by atoms with Crippen LogP contribution in [0.15, 0.2) is 0 Å². The second kappa shape index (κ2) is 6.02. The lowest BCUT2D eigenvalue weighted by Gasteiger charge is -2.31. The molecule has 0 aromatic heterocycles. The zero-order valence-corrected chi connectivity index (χ0v) is 10.6. The maximum atomic E-state index is 9.10. The molecule has 2 unspecified atom stereocenters. The minimum Gasteiger partial charge on any atom is -0.396 e. The Morgan fingerprint density at radius 1 is 1.06 bits per heavy atom. The first-order chi connectivity index (χ1) is 7.81. The molecule has 2 aliphatic carbocycles. The minimum absolute atomic E-state index is 0.339. The SMILES string of the molecule is CC(NC(CCO)C1CC1)C1CCCCC1. The number of aliphatic hydroxyl groups is 1. The lowest BCUT2D eigenvalue weighted by atomic mass is 9.84. The van der Waals surface area contributed by atoms with Crippen LogP contribution in [0.5, 0.6) is 0 Å². The highest BCUT2D eigenvalue weighted by Gasteiger charge is 2.32. The van der Waals surface area contributed by atoms with Gasteiger partial charge in [-0.15, -0.1) is 0 Å². The van der Waals surface area contributed by atoms with E-state index < -0.39 is 0 Å². The molecule has 2 saturated carbocycles. The predicted octanol–water partition coefficient (Wildman–Crippen LogP) is 2.71. The van der Waals surface area contributed by atoms with Gasteiger partial charge in [0, 0.05) is 18.7 Å². The predicted molar refractivity (Wildman–Crippen MR) is 67.4 cm³/mol. The Balaban J connectivity index is 1.76. The van der Waals surface area contributed by atoms with Crippen molar-refractivity contribution >= 4 is 0 Å². The van der Waals surface area contributed by atoms with Crippen molar-refractivity contribution in [3.8, 4) is 0 Å². The first-order valence-corrected chi connectivity index (χ1v) is 7.18. The van der Waals surface area contributed by atoms with Crippen molar-refractivity contribution in [3.63, 3.8) is 0 Å². The summed E-state index contributed by atoms with van der Waals surface area (Å²) in [6.07, 6.45) is 10.8. The molecule has 0 spiro atoms. The Morgan fingerprint density at radius 2 is 1.75 bits per heavy atom. The van der Waals surface area contributed by atoms with Crippen molar-refractivity contribution in [2.24, 2.45) is 11.8 Å². The molecular formula is C14H27NO. The van der Waals surface area contributed by atoms with Crippen molar-refractivity contribution in [1.29, 1.82) is 0 Å². The Labute approximate surface area is 99.8 Å². The third-order valence-corrected chi connectivity index (χ3v) is 4.47. The smallest absolute Gasteiger partial charge is 0.0445 e. The number of hydrogen-bond donors (Lipinski definition) is 2. The summed E-state index contributed by atoms with van der Waals surface area (Å²) in [5.41, 5.74) is 0. The molecular weight excluding hydrogens is 198 g/mol. The second-order valence-electron chi connectivity index (χ2n) is 5.81. The van der Waals surface area contributed by atoms with Gasteiger partial charge in [-0.05, 0) is 50.9 Å². The normalized spacial score (nSPS) is 26.6. The van der Waals surface area contributed by atoms with E-state index in [1.165, 1.54) is 44.9 Å². The van der Waals surface area contributed by atoms with E-state index in [2.05, 4.69) is 12.2 Å². The van der Waals surface area contributed by atoms with Crippen molar-refractivity contribution in [2.45, 2.75) is 70.4 Å². The van der Waals surface area contributed by atoms with Gasteiger partial charge in [0.25, 0.3) is 0 Å². The van der Waals surface area contributed by atoms with Crippen LogP contribution in [0.2, 0.25) is 0 Å². The Kier molecular flexibility index (Phi) is 4.66. The molecule has 0 aliphatic heterocycles. The second-order valence-corrected chi connectivity index (χ2v) is 5.81. The third kappa shape index (κ3) is 3.46. The maximum Gasteiger partial charge on any atom is 0.0445 e. The van der Waals surface area contributed by atoms with Crippen LogP contribution in [0, 0.1) is 11.8 Å². The minimum atomic E-state index is 0.339. The summed E-state index contributed by atoms with van der Waals surface area (Å²) in [4.78, 5) is 0. The van der Waals surface area contributed by atoms with Gasteiger partial charge < -0.3 is 10.4 Å². The van der Waals surface area contributed by atoms with Crippen molar-refractivity contribution in [1.82, 2.24) is 5.32 Å². The summed E-state index contributed by atoms with van der Waals surface area (Å²) in [6, 6.07) is 1.24. The average Bonchev–Trinajstić information content (AvgIpc) is 3.13. The van der Waals surface area contributed by atoms with Gasteiger partial charge in [-0.3, -0.25) is 0 Å². The number of rotatable bonds is 6. The zero-order chi connectivity index (χ0) is 11.4. The zero-order valence-electron chi connectivity index (χ0n) is 10.6. The van der Waals surface area contributed by atoms with Crippen molar-refractivity contribution in [2.75, 3.05) is 6.61 Å². The Hall–Kier alpha value is -0.0800. The summed E-state index contributed by atoms with van der Waals surface area (Å²) in [7, 11) is 0. The number of nitrogens with one attached hydrogen (secondary N) is 1. The van der Waals surface area contributed by atoms with Crippen LogP contribution in [-0.4, -0.2) is 23.8 Å². The van der Waals surface area contributed by atoms with Crippen molar-refractivity contribution < 1.29 is 5.11 Å². The summed E-state index contributed by atoms with van der Waals surface area (Å²) >= 11 is 0. The Morgan fingerprint density at radius 3 is 2.31 bits per heavy atom. The molecule has 0 heterocycles. The molecule has 0 radical (unpaired) electrons. The molecule has 16 heavy (non-hydrogen) atoms. The van der Waals surface area contributed by atoms with Crippen molar-refractivity contribution in [3.05, 3.63) is 0 Å². The molecule has 0 amide bonds. The van der Waals surface area contributed by atoms with Crippen LogP contribution < -0.4 is 5.32 Å². The number of hydrogen-bond acceptors (Lipinski definition) is 2. The van der Waals surface area contributed by atoms with E-state index >= 15 is 0 Å². The van der Waals surface area contributed by atoms with Crippen LogP contribution in [-0.2, 0) is 0 Å². The van der Waals surface area contributed by atoms with Gasteiger partial charge in [0.05, 0.1) is 0 Å². The van der Waals surface area contributed by atoms with Crippen LogP contribution in [0.4, 0.5) is 0 Å². The van der Waals surface area contributed by atoms with Gasteiger partial charge >= 0.3 is 0 Å². The van der Waals surface area contributed by atoms with Crippen LogP contribution in [0.3, 0.4) is 0 Å². The van der Waals surface area contributed by atoms with Gasteiger partial charge in [-0.25, -0.2) is 0 Å². The summed E-state index contributed by atoms with van der Waals surface area (Å²) < 4.78 is 0. The fraction of sp³-hybridized carbons (Fsp3) is 1.00. The van der Waals surface area contributed by atoms with E-state index in [1.54, 1.807) is 0 Å². The number of aliphatic hydroxyl groups excluding tert-OH is 1. The van der Waals surface area contributed by atoms with Crippen LogP contribution >= 0.6 is 0 Å². The van der Waals surface area contributed by atoms with E-state index in [9.17, 15) is 0 Å². The monoisotopic (exact) mass is 225 g/mol. The maximum absolute atomic E-state index is 9.10. The summed E-state index contributed by atoms with van der Waals surface area (Å²) in [5, 5.41) is 12.9. The third-order valence-electron chi connectivity index (χ3n) is 4.47. The average molecular weight is 225 g/mol. The molecule has 2 aliphatic rings. The topological polar surface area (TPSA) is 32.3 Å². The highest BCUT2D eigenvalue weighted by Crippen LogP contribution is 2.35. The van der Waals surface area contributed by atoms with E-state index in [1.807, 2.05) is 0 Å². The van der Waals surface area contributed by atoms with Gasteiger partial charge in [0.15, 0.2) is 0 Å². The summed E-state index contributed by atoms with van der Waals surface area (Å²) in [5.74, 6) is 1.74. The van der Waals surface area contributed by atoms with E-state index in [4.69, 9.17) is 5.11 Å². The highest BCUT2D eigenvalue weighted by molar-refractivity contribution is 4.89. The molecule has 0 aromatic carbocycles. The molecule has 0 bridgehead atoms. The molecule has 94 valence electrons. The molecule has 2 N–H and O–H groups in total. The summed E-state index contributed by atoms with van der Waals surface area (Å²) in [6.45, 7) is 2.69. The first-order valence-electron chi connectivity index (χ1n) is 7.18. The van der Waals surface area contributed by atoms with Crippen LogP contribution in [0.25, 0.3) is 0 Å². The van der Waals surface area contributed by atoms with Gasteiger partial charge in [-0.2, -0.15) is 0 Å². The molecule has 0 saturated heterocycles. The molecule has 2 atom stereocenters. The lowest BCUT2D eigenvalue weighted by Crippen LogP contribution is -2.43. The molecule has 2 nitrogen and oxygen atoms in total. The van der Waals surface area contributed by atoms with Gasteiger partial charge in [0.1, 0.15) is 0 Å². The molecule has 0 aromatic rings. The fourth-order valence-electron chi connectivity index (χ4n) is 3.20. The molecule has 2 fully saturated rings. The standard InChI is InChI=1S/C14H27NO/c1-11(12-5-3-2-4-6-12)15-14(9-10-16)13-7-8-13/h11-16H,2-10H2,1H3. The van der Waals surface area contributed by atoms with E-state index in [-0.39, 0.29) is 0 Å². The highest BCUT2D eigenvalue weighted by atomic mass is 16.3. The Bertz CT molecular complexity index is 197.